The Hall–Kier alpha value is -2.09. The van der Waals surface area contributed by atoms with Gasteiger partial charge in [-0.25, -0.2) is 4.68 Å². The molecular weight excluding hydrogens is 412 g/mol. The lowest BCUT2D eigenvalue weighted by Gasteiger charge is -2.27. The summed E-state index contributed by atoms with van der Waals surface area (Å²) in [5.74, 6) is 1.37. The zero-order chi connectivity index (χ0) is 19.8. The van der Waals surface area contributed by atoms with E-state index in [1.807, 2.05) is 41.3 Å². The van der Waals surface area contributed by atoms with Crippen molar-refractivity contribution < 1.29 is 4.79 Å². The van der Waals surface area contributed by atoms with Crippen molar-refractivity contribution in [2.24, 2.45) is 0 Å². The van der Waals surface area contributed by atoms with Gasteiger partial charge in [-0.3, -0.25) is 4.79 Å². The molecule has 5 nitrogen and oxygen atoms in total. The van der Waals surface area contributed by atoms with Gasteiger partial charge in [0, 0.05) is 26.9 Å². The number of aromatic nitrogens is 3. The van der Waals surface area contributed by atoms with E-state index in [-0.39, 0.29) is 11.8 Å². The number of halogens is 1. The molecule has 0 aliphatic carbocycles. The molecule has 1 N–H and O–H groups in total. The average molecular weight is 431 g/mol. The number of carbonyl (C=O) groups is 1. The summed E-state index contributed by atoms with van der Waals surface area (Å²) >= 11 is 9.42. The molecule has 3 aromatic rings. The topological polar surface area (TPSA) is 59.8 Å². The molecule has 0 fully saturated rings. The Morgan fingerprint density at radius 1 is 1.32 bits per heavy atom. The second-order valence-electron chi connectivity index (χ2n) is 6.63. The molecule has 0 saturated carbocycles. The lowest BCUT2D eigenvalue weighted by atomic mass is 9.97. The van der Waals surface area contributed by atoms with Gasteiger partial charge in [0.1, 0.15) is 6.04 Å². The molecular formula is C20H19ClN4OS2. The molecule has 1 aliphatic rings. The van der Waals surface area contributed by atoms with Gasteiger partial charge in [0.15, 0.2) is 5.78 Å². The van der Waals surface area contributed by atoms with Crippen LogP contribution < -0.4 is 5.32 Å². The van der Waals surface area contributed by atoms with Crippen LogP contribution in [0, 0.1) is 6.92 Å². The van der Waals surface area contributed by atoms with Crippen LogP contribution in [0.25, 0.3) is 0 Å². The molecule has 4 rings (SSSR count). The lowest BCUT2D eigenvalue weighted by Crippen LogP contribution is -2.27. The van der Waals surface area contributed by atoms with Crippen LogP contribution in [0.4, 0.5) is 5.95 Å². The molecule has 8 heteroatoms. The minimum absolute atomic E-state index is 0.0363. The number of benzene rings is 1. The maximum atomic E-state index is 12.4. The van der Waals surface area contributed by atoms with Crippen LogP contribution in [0.1, 0.15) is 35.9 Å². The Morgan fingerprint density at radius 2 is 2.11 bits per heavy atom. The molecule has 3 heterocycles. The number of allylic oxidation sites excluding steroid dienone is 2. The number of thiophene rings is 1. The Kier molecular flexibility index (Phi) is 5.31. The molecule has 28 heavy (non-hydrogen) atoms. The van der Waals surface area contributed by atoms with Crippen molar-refractivity contribution in [3.8, 4) is 0 Å². The van der Waals surface area contributed by atoms with Gasteiger partial charge in [0.2, 0.25) is 11.1 Å². The fourth-order valence-electron chi connectivity index (χ4n) is 3.31. The van der Waals surface area contributed by atoms with Gasteiger partial charge in [-0.2, -0.15) is 4.98 Å². The minimum atomic E-state index is -0.254. The fourth-order valence-corrected chi connectivity index (χ4v) is 5.45. The Balaban J connectivity index is 1.69. The molecule has 0 saturated heterocycles. The Labute approximate surface area is 176 Å². The average Bonchev–Trinajstić information content (AvgIpc) is 3.25. The summed E-state index contributed by atoms with van der Waals surface area (Å²) in [7, 11) is 0. The van der Waals surface area contributed by atoms with Gasteiger partial charge < -0.3 is 5.32 Å². The zero-order valence-corrected chi connectivity index (χ0v) is 18.1. The number of carbonyl (C=O) groups excluding carboxylic acids is 1. The van der Waals surface area contributed by atoms with Crippen molar-refractivity contribution in [3.05, 3.63) is 68.0 Å². The molecule has 0 spiro atoms. The van der Waals surface area contributed by atoms with Crippen molar-refractivity contribution in [1.29, 1.82) is 0 Å². The predicted octanol–water partition coefficient (Wildman–Crippen LogP) is 5.47. The molecule has 0 radical (unpaired) electrons. The summed E-state index contributed by atoms with van der Waals surface area (Å²) in [6.45, 7) is 5.58. The van der Waals surface area contributed by atoms with Gasteiger partial charge in [-0.15, -0.1) is 16.4 Å². The van der Waals surface area contributed by atoms with E-state index in [2.05, 4.69) is 23.3 Å². The van der Waals surface area contributed by atoms with Gasteiger partial charge in [-0.1, -0.05) is 41.6 Å². The third-order valence-electron chi connectivity index (χ3n) is 4.68. The first-order chi connectivity index (χ1) is 13.5. The normalized spacial score (nSPS) is 16.1. The maximum absolute atomic E-state index is 12.4. The smallest absolute Gasteiger partial charge is 0.227 e. The molecule has 144 valence electrons. The van der Waals surface area contributed by atoms with E-state index in [0.717, 1.165) is 32.3 Å². The summed E-state index contributed by atoms with van der Waals surface area (Å²) < 4.78 is 1.83. The molecule has 0 amide bonds. The minimum Gasteiger partial charge on any atom is -0.328 e. The van der Waals surface area contributed by atoms with Crippen molar-refractivity contribution in [2.75, 3.05) is 5.32 Å². The number of hydrogen-bond acceptors (Lipinski definition) is 6. The number of Topliss-reactive ketones (excluding diaryl/α,β-unsaturated/α-hetero) is 1. The molecule has 1 unspecified atom stereocenters. The van der Waals surface area contributed by atoms with Crippen LogP contribution in [0.2, 0.25) is 5.02 Å². The molecule has 1 atom stereocenters. The molecule has 1 aliphatic heterocycles. The highest BCUT2D eigenvalue weighted by atomic mass is 35.5. The number of hydrogen-bond donors (Lipinski definition) is 1. The number of ketones is 1. The van der Waals surface area contributed by atoms with E-state index in [9.17, 15) is 4.79 Å². The third-order valence-corrected chi connectivity index (χ3v) is 7.00. The number of aryl methyl sites for hydroxylation is 1. The second kappa shape index (κ2) is 7.73. The molecule has 0 bridgehead atoms. The van der Waals surface area contributed by atoms with Crippen molar-refractivity contribution in [2.45, 2.75) is 37.7 Å². The first kappa shape index (κ1) is 19.2. The molecule has 2 aromatic heterocycles. The monoisotopic (exact) mass is 430 g/mol. The van der Waals surface area contributed by atoms with Crippen LogP contribution >= 0.6 is 34.7 Å². The Bertz CT molecular complexity index is 1090. The van der Waals surface area contributed by atoms with E-state index >= 15 is 0 Å². The lowest BCUT2D eigenvalue weighted by molar-refractivity contribution is -0.114. The fraction of sp³-hybridized carbons (Fsp3) is 0.250. The number of nitrogens with zero attached hydrogens (tertiary/aromatic N) is 3. The first-order valence-electron chi connectivity index (χ1n) is 8.81. The quantitative estimate of drug-likeness (QED) is 0.543. The van der Waals surface area contributed by atoms with Crippen molar-refractivity contribution >= 4 is 46.4 Å². The Morgan fingerprint density at radius 3 is 2.79 bits per heavy atom. The SMILES string of the molecule is CC(=O)C1=C(C)Nc2nc(SCc3ccccc3Cl)nn2C1c1sccc1C. The van der Waals surface area contributed by atoms with Gasteiger partial charge in [0.05, 0.1) is 0 Å². The van der Waals surface area contributed by atoms with Gasteiger partial charge >= 0.3 is 0 Å². The summed E-state index contributed by atoms with van der Waals surface area (Å²) in [6.07, 6.45) is 0. The standard InChI is InChI=1S/C20H19ClN4OS2/c1-11-8-9-27-18(11)17-16(13(3)26)12(2)22-19-23-20(24-25(17)19)28-10-14-6-4-5-7-15(14)21/h4-9,17H,10H2,1-3H3,(H,22,23,24). The number of nitrogens with one attached hydrogen (secondary N) is 1. The zero-order valence-electron chi connectivity index (χ0n) is 15.7. The van der Waals surface area contributed by atoms with Gasteiger partial charge in [-0.05, 0) is 49.4 Å². The van der Waals surface area contributed by atoms with Crippen LogP contribution in [0.5, 0.6) is 0 Å². The summed E-state index contributed by atoms with van der Waals surface area (Å²) in [6, 6.07) is 9.58. The van der Waals surface area contributed by atoms with Gasteiger partial charge in [0.25, 0.3) is 0 Å². The second-order valence-corrected chi connectivity index (χ2v) is 8.93. The molecule has 1 aromatic carbocycles. The summed E-state index contributed by atoms with van der Waals surface area (Å²) in [5.41, 5.74) is 3.74. The number of anilines is 1. The van der Waals surface area contributed by atoms with E-state index in [4.69, 9.17) is 16.7 Å². The van der Waals surface area contributed by atoms with E-state index in [1.54, 1.807) is 18.3 Å². The van der Waals surface area contributed by atoms with Crippen LogP contribution in [-0.4, -0.2) is 20.5 Å². The van der Waals surface area contributed by atoms with Crippen molar-refractivity contribution in [1.82, 2.24) is 14.8 Å². The van der Waals surface area contributed by atoms with Crippen LogP contribution in [0.15, 0.2) is 52.1 Å². The summed E-state index contributed by atoms with van der Waals surface area (Å²) in [5, 5.41) is 11.4. The summed E-state index contributed by atoms with van der Waals surface area (Å²) in [4.78, 5) is 18.2. The van der Waals surface area contributed by atoms with Crippen LogP contribution in [0.3, 0.4) is 0 Å². The van der Waals surface area contributed by atoms with E-state index < -0.39 is 0 Å². The highest BCUT2D eigenvalue weighted by Crippen LogP contribution is 2.40. The maximum Gasteiger partial charge on any atom is 0.227 e. The van der Waals surface area contributed by atoms with Crippen molar-refractivity contribution in [3.63, 3.8) is 0 Å². The predicted molar refractivity (Wildman–Crippen MR) is 115 cm³/mol. The number of thioether (sulfide) groups is 1. The van der Waals surface area contributed by atoms with E-state index in [0.29, 0.717) is 16.9 Å². The largest absolute Gasteiger partial charge is 0.328 e. The number of fused-ring (bicyclic) bond motifs is 1. The van der Waals surface area contributed by atoms with E-state index in [1.165, 1.54) is 11.8 Å². The highest BCUT2D eigenvalue weighted by molar-refractivity contribution is 7.98. The number of rotatable bonds is 5. The van der Waals surface area contributed by atoms with Crippen LogP contribution in [-0.2, 0) is 10.5 Å². The third kappa shape index (κ3) is 3.50. The highest BCUT2D eigenvalue weighted by Gasteiger charge is 2.34. The first-order valence-corrected chi connectivity index (χ1v) is 11.1.